The zero-order valence-electron chi connectivity index (χ0n) is 35.4. The van der Waals surface area contributed by atoms with Crippen molar-refractivity contribution in [3.8, 4) is 11.5 Å². The molecule has 2 unspecified atom stereocenters. The molecule has 4 aliphatic heterocycles. The number of ether oxygens (including phenoxy) is 3. The topological polar surface area (TPSA) is 144 Å². The molecule has 13 nitrogen and oxygen atoms in total. The lowest BCUT2D eigenvalue weighted by Gasteiger charge is -2.47. The summed E-state index contributed by atoms with van der Waals surface area (Å²) >= 11 is 0. The number of phenols is 1. The third-order valence-electron chi connectivity index (χ3n) is 13.6. The van der Waals surface area contributed by atoms with Crippen molar-refractivity contribution in [3.63, 3.8) is 0 Å². The molecule has 7 rings (SSSR count). The number of hydrogen-bond acceptors (Lipinski definition) is 10. The molecule has 1 saturated carbocycles. The van der Waals surface area contributed by atoms with Crippen molar-refractivity contribution in [3.05, 3.63) is 53.1 Å². The van der Waals surface area contributed by atoms with Gasteiger partial charge in [-0.15, -0.1) is 0 Å². The Balaban J connectivity index is 0.880. The Morgan fingerprint density at radius 1 is 1.02 bits per heavy atom. The summed E-state index contributed by atoms with van der Waals surface area (Å²) in [6.45, 7) is 12.2. The van der Waals surface area contributed by atoms with Crippen molar-refractivity contribution in [1.82, 2.24) is 19.6 Å². The van der Waals surface area contributed by atoms with Crippen LogP contribution in [0.1, 0.15) is 94.7 Å². The van der Waals surface area contributed by atoms with Gasteiger partial charge in [0.05, 0.1) is 24.9 Å². The van der Waals surface area contributed by atoms with E-state index in [1.807, 2.05) is 11.0 Å². The third kappa shape index (κ3) is 11.0. The van der Waals surface area contributed by atoms with E-state index in [4.69, 9.17) is 14.2 Å². The summed E-state index contributed by atoms with van der Waals surface area (Å²) in [5.41, 5.74) is 3.49. The number of nitrogens with one attached hydrogen (secondary N) is 1. The van der Waals surface area contributed by atoms with Crippen molar-refractivity contribution >= 4 is 23.5 Å². The molecule has 59 heavy (non-hydrogen) atoms. The molecule has 0 bridgehead atoms. The maximum atomic E-state index is 13.1. The standard InChI is InChI=1S/C46H67N5O8/c1-3-8-33(2)44(54)51-26-28-59-46(32-51)18-22-48(23-19-46)30-35-10-7-9-34(29-35)17-27-57-39-16-21-50(42(39)45(55)56)25-24-49(37-11-5-4-6-12-37)20-15-36-13-14-38(52)41-43(36)58-31-40(53)47-41/h7,9-10,13-14,29,33,37,39,42,52H,3-6,8,11-12,15-28,30-32H2,1-2H3,(H,47,53)(H,55,56)/t33?,39?,42-/m0/s1. The first kappa shape index (κ1) is 43.3. The largest absolute Gasteiger partial charge is 0.506 e. The van der Waals surface area contributed by atoms with Gasteiger partial charge in [0.2, 0.25) is 5.91 Å². The number of anilines is 1. The van der Waals surface area contributed by atoms with E-state index in [2.05, 4.69) is 58.1 Å². The van der Waals surface area contributed by atoms with Gasteiger partial charge in [-0.05, 0) is 74.1 Å². The van der Waals surface area contributed by atoms with E-state index in [0.29, 0.717) is 69.7 Å². The summed E-state index contributed by atoms with van der Waals surface area (Å²) < 4.78 is 18.5. The van der Waals surface area contributed by atoms with E-state index in [9.17, 15) is 24.6 Å². The first-order valence-corrected chi connectivity index (χ1v) is 22.4. The van der Waals surface area contributed by atoms with Gasteiger partial charge in [-0.2, -0.15) is 0 Å². The molecule has 1 aliphatic carbocycles. The number of amides is 2. The molecule has 3 atom stereocenters. The number of carboxylic acid groups (broad SMARTS) is 1. The fourth-order valence-corrected chi connectivity index (χ4v) is 10.2. The fraction of sp³-hybridized carbons (Fsp3) is 0.674. The minimum Gasteiger partial charge on any atom is -0.506 e. The molecule has 2 aromatic carbocycles. The highest BCUT2D eigenvalue weighted by Gasteiger charge is 2.42. The van der Waals surface area contributed by atoms with Crippen LogP contribution in [0.4, 0.5) is 5.69 Å². The summed E-state index contributed by atoms with van der Waals surface area (Å²) in [5, 5.41) is 23.5. The van der Waals surface area contributed by atoms with Crippen LogP contribution < -0.4 is 10.1 Å². The molecule has 2 aromatic rings. The number of aromatic hydroxyl groups is 1. The second kappa shape index (κ2) is 20.2. The van der Waals surface area contributed by atoms with Crippen LogP contribution in [0, 0.1) is 5.92 Å². The average Bonchev–Trinajstić information content (AvgIpc) is 3.66. The molecule has 13 heteroatoms. The summed E-state index contributed by atoms with van der Waals surface area (Å²) in [5.74, 6) is -0.239. The van der Waals surface area contributed by atoms with E-state index in [1.54, 1.807) is 6.07 Å². The number of carboxylic acids is 1. The van der Waals surface area contributed by atoms with Crippen LogP contribution in [0.15, 0.2) is 36.4 Å². The molecule has 3 N–H and O–H groups in total. The number of carbonyl (C=O) groups excluding carboxylic acids is 2. The number of morpholine rings is 1. The number of nitrogens with zero attached hydrogens (tertiary/aromatic N) is 4. The lowest BCUT2D eigenvalue weighted by Crippen LogP contribution is -2.58. The number of aliphatic carboxylic acids is 1. The number of rotatable bonds is 17. The van der Waals surface area contributed by atoms with E-state index in [0.717, 1.165) is 83.2 Å². The molecule has 2 amide bonds. The van der Waals surface area contributed by atoms with Gasteiger partial charge < -0.3 is 34.6 Å². The van der Waals surface area contributed by atoms with Crippen LogP contribution in [0.5, 0.6) is 11.5 Å². The highest BCUT2D eigenvalue weighted by atomic mass is 16.5. The molecule has 324 valence electrons. The van der Waals surface area contributed by atoms with Gasteiger partial charge in [-0.3, -0.25) is 29.1 Å². The van der Waals surface area contributed by atoms with E-state index >= 15 is 0 Å². The Morgan fingerprint density at radius 2 is 1.81 bits per heavy atom. The first-order chi connectivity index (χ1) is 28.6. The SMILES string of the molecule is CCCC(C)C(=O)N1CCOC2(CCN(Cc3cccc(CCOC4CCN(CCN(CCc5ccc(O)c6c5OCC(=O)N6)C5CCCCC5)[C@@H]4C(=O)O)c3)CC2)C1. The van der Waals surface area contributed by atoms with E-state index in [1.165, 1.54) is 30.4 Å². The van der Waals surface area contributed by atoms with Crippen molar-refractivity contribution in [2.45, 2.75) is 121 Å². The highest BCUT2D eigenvalue weighted by Crippen LogP contribution is 2.39. The molecule has 5 aliphatic rings. The number of benzene rings is 2. The predicted octanol–water partition coefficient (Wildman–Crippen LogP) is 5.32. The monoisotopic (exact) mass is 817 g/mol. The summed E-state index contributed by atoms with van der Waals surface area (Å²) in [7, 11) is 0. The maximum Gasteiger partial charge on any atom is 0.323 e. The van der Waals surface area contributed by atoms with Crippen LogP contribution >= 0.6 is 0 Å². The number of carbonyl (C=O) groups is 3. The third-order valence-corrected chi connectivity index (χ3v) is 13.6. The Morgan fingerprint density at radius 3 is 2.59 bits per heavy atom. The van der Waals surface area contributed by atoms with Gasteiger partial charge in [0.25, 0.3) is 5.91 Å². The lowest BCUT2D eigenvalue weighted by molar-refractivity contribution is -0.162. The molecule has 0 aromatic heterocycles. The van der Waals surface area contributed by atoms with Crippen LogP contribution in [0.25, 0.3) is 0 Å². The maximum absolute atomic E-state index is 13.1. The van der Waals surface area contributed by atoms with Crippen LogP contribution in [0.3, 0.4) is 0 Å². The van der Waals surface area contributed by atoms with Crippen LogP contribution in [-0.4, -0.2) is 144 Å². The van der Waals surface area contributed by atoms with Gasteiger partial charge in [0.1, 0.15) is 17.5 Å². The van der Waals surface area contributed by atoms with Gasteiger partial charge in [-0.25, -0.2) is 0 Å². The Hall–Kier alpha value is -3.75. The minimum atomic E-state index is -0.832. The lowest BCUT2D eigenvalue weighted by atomic mass is 9.88. The number of fused-ring (bicyclic) bond motifs is 1. The molecule has 3 saturated heterocycles. The minimum absolute atomic E-state index is 0.00243. The van der Waals surface area contributed by atoms with Gasteiger partial charge >= 0.3 is 5.97 Å². The number of piperidine rings is 1. The number of phenolic OH excluding ortho intramolecular Hbond substituents is 1. The Labute approximate surface area is 350 Å². The fourth-order valence-electron chi connectivity index (χ4n) is 10.2. The van der Waals surface area contributed by atoms with Gasteiger partial charge in [0.15, 0.2) is 12.4 Å². The van der Waals surface area contributed by atoms with E-state index < -0.39 is 12.0 Å². The summed E-state index contributed by atoms with van der Waals surface area (Å²) in [6, 6.07) is 11.9. The van der Waals surface area contributed by atoms with Crippen molar-refractivity contribution < 1.29 is 38.8 Å². The molecule has 4 fully saturated rings. The molecule has 1 spiro atoms. The Bertz CT molecular complexity index is 1740. The predicted molar refractivity (Wildman–Crippen MR) is 226 cm³/mol. The van der Waals surface area contributed by atoms with Gasteiger partial charge in [0, 0.05) is 70.9 Å². The van der Waals surface area contributed by atoms with Crippen molar-refractivity contribution in [1.29, 1.82) is 0 Å². The summed E-state index contributed by atoms with van der Waals surface area (Å²) in [6.07, 6.45) is 11.4. The second-order valence-electron chi connectivity index (χ2n) is 17.7. The second-order valence-corrected chi connectivity index (χ2v) is 17.7. The molecule has 0 radical (unpaired) electrons. The zero-order valence-corrected chi connectivity index (χ0v) is 35.4. The molecular formula is C46H67N5O8. The summed E-state index contributed by atoms with van der Waals surface area (Å²) in [4.78, 5) is 46.8. The van der Waals surface area contributed by atoms with Crippen LogP contribution in [0.2, 0.25) is 0 Å². The first-order valence-electron chi connectivity index (χ1n) is 22.4. The quantitative estimate of drug-likeness (QED) is 0.179. The zero-order chi connectivity index (χ0) is 41.4. The number of hydrogen-bond donors (Lipinski definition) is 3. The van der Waals surface area contributed by atoms with Crippen LogP contribution in [-0.2, 0) is 43.2 Å². The van der Waals surface area contributed by atoms with Crippen molar-refractivity contribution in [2.24, 2.45) is 5.92 Å². The average molecular weight is 818 g/mol. The molecule has 4 heterocycles. The Kier molecular flexibility index (Phi) is 14.8. The normalized spacial score (nSPS) is 23.2. The number of likely N-dealkylation sites (tertiary alicyclic amines) is 2. The smallest absolute Gasteiger partial charge is 0.323 e. The molecular weight excluding hydrogens is 751 g/mol. The van der Waals surface area contributed by atoms with Gasteiger partial charge in [-0.1, -0.05) is 69.9 Å². The van der Waals surface area contributed by atoms with Crippen molar-refractivity contribution in [2.75, 3.05) is 77.5 Å². The van der Waals surface area contributed by atoms with E-state index in [-0.39, 0.29) is 41.8 Å². The highest BCUT2D eigenvalue weighted by molar-refractivity contribution is 5.97.